The van der Waals surface area contributed by atoms with E-state index in [9.17, 15) is 9.36 Å². The van der Waals surface area contributed by atoms with Crippen molar-refractivity contribution in [3.63, 3.8) is 0 Å². The third kappa shape index (κ3) is 4.87. The minimum Gasteiger partial charge on any atom is -0.476 e. The van der Waals surface area contributed by atoms with Gasteiger partial charge in [-0.05, 0) is 37.6 Å². The Morgan fingerprint density at radius 3 is 2.77 bits per heavy atom. The second kappa shape index (κ2) is 10.3. The van der Waals surface area contributed by atoms with Gasteiger partial charge in [-0.15, -0.1) is 0 Å². The molecule has 3 aromatic rings. The molecule has 0 amide bonds. The van der Waals surface area contributed by atoms with Crippen LogP contribution in [0.5, 0.6) is 5.88 Å². The summed E-state index contributed by atoms with van der Waals surface area (Å²) in [5.41, 5.74) is 5.83. The highest BCUT2D eigenvalue weighted by Crippen LogP contribution is 2.58. The van der Waals surface area contributed by atoms with Gasteiger partial charge in [0.1, 0.15) is 6.10 Å². The maximum absolute atomic E-state index is 13.4. The van der Waals surface area contributed by atoms with Crippen LogP contribution < -0.4 is 10.5 Å². The number of halogens is 2. The van der Waals surface area contributed by atoms with E-state index >= 15 is 0 Å². The van der Waals surface area contributed by atoms with Crippen molar-refractivity contribution in [1.29, 1.82) is 0 Å². The highest BCUT2D eigenvalue weighted by molar-refractivity contribution is 7.48. The van der Waals surface area contributed by atoms with Gasteiger partial charge in [0.05, 0.1) is 32.3 Å². The average Bonchev–Trinajstić information content (AvgIpc) is 3.51. The molecule has 2 N–H and O–H groups in total. The number of carbonyl (C=O) groups is 1. The fourth-order valence-electron chi connectivity index (χ4n) is 5.01. The van der Waals surface area contributed by atoms with Crippen molar-refractivity contribution in [2.24, 2.45) is 0 Å². The molecular formula is C23H24Cl2N5O9P. The molecule has 0 unspecified atom stereocenters. The standard InChI is InChI=1S/C23H24Cl2N5O9P/c1-3-33-19-16-18(28-21(26)29-19)30(10-27-16)20-23(2)17(37-22(31)38-23)15(36-20)9-35-40(32)34-5-4-14(39-40)11-6-12(24)8-13(25)7-11/h6-8,10,14-15,17,20H,3-5,9H2,1-2H3,(H2,26,28,29)/t14-,15-,17-,20-,23-,40+/m1/s1. The maximum atomic E-state index is 13.4. The van der Waals surface area contributed by atoms with Gasteiger partial charge in [-0.1, -0.05) is 23.2 Å². The van der Waals surface area contributed by atoms with Crippen LogP contribution in [-0.4, -0.2) is 63.3 Å². The lowest BCUT2D eigenvalue weighted by atomic mass is 9.96. The molecule has 3 saturated heterocycles. The first-order valence-corrected chi connectivity index (χ1v) is 14.5. The summed E-state index contributed by atoms with van der Waals surface area (Å²) in [5.74, 6) is 0.153. The molecule has 17 heteroatoms. The van der Waals surface area contributed by atoms with Crippen LogP contribution in [0.15, 0.2) is 24.5 Å². The minimum atomic E-state index is -4.05. The number of hydrogen-bond donors (Lipinski definition) is 1. The summed E-state index contributed by atoms with van der Waals surface area (Å²) in [6, 6.07) is 4.92. The van der Waals surface area contributed by atoms with Crippen molar-refractivity contribution in [1.82, 2.24) is 19.5 Å². The van der Waals surface area contributed by atoms with E-state index in [4.69, 9.17) is 61.5 Å². The fourth-order valence-corrected chi connectivity index (χ4v) is 6.94. The van der Waals surface area contributed by atoms with E-state index in [1.807, 2.05) is 0 Å². The number of fused-ring (bicyclic) bond motifs is 2. The molecule has 0 spiro atoms. The SMILES string of the molecule is CCOc1nc(N)nc2c1ncn2[C@@H]1O[C@H](CO[P@]2(=O)OCC[C@H](c3cc(Cl)cc(Cl)c3)O2)[C@H]2OC(=O)O[C@]21C. The van der Waals surface area contributed by atoms with Gasteiger partial charge in [0.25, 0.3) is 0 Å². The van der Waals surface area contributed by atoms with E-state index in [1.165, 1.54) is 6.33 Å². The number of aromatic nitrogens is 4. The van der Waals surface area contributed by atoms with Crippen molar-refractivity contribution < 1.29 is 41.9 Å². The smallest absolute Gasteiger partial charge is 0.476 e. The first kappa shape index (κ1) is 27.5. The number of imidazole rings is 1. The molecule has 0 aliphatic carbocycles. The van der Waals surface area contributed by atoms with E-state index in [2.05, 4.69) is 15.0 Å². The van der Waals surface area contributed by atoms with Gasteiger partial charge >= 0.3 is 14.0 Å². The van der Waals surface area contributed by atoms with Gasteiger partial charge in [-0.25, -0.2) is 14.3 Å². The number of nitrogens with zero attached hydrogens (tertiary/aromatic N) is 4. The molecule has 0 saturated carbocycles. The van der Waals surface area contributed by atoms with Gasteiger partial charge in [0.2, 0.25) is 11.8 Å². The van der Waals surface area contributed by atoms with E-state index < -0.39 is 44.1 Å². The van der Waals surface area contributed by atoms with Crippen molar-refractivity contribution in [3.8, 4) is 5.88 Å². The number of rotatable bonds is 7. The highest BCUT2D eigenvalue weighted by atomic mass is 35.5. The summed E-state index contributed by atoms with van der Waals surface area (Å²) in [5, 5.41) is 0.821. The van der Waals surface area contributed by atoms with E-state index in [0.717, 1.165) is 0 Å². The summed E-state index contributed by atoms with van der Waals surface area (Å²) < 4.78 is 54.5. The molecule has 3 aliphatic heterocycles. The highest BCUT2D eigenvalue weighted by Gasteiger charge is 2.64. The lowest BCUT2D eigenvalue weighted by Crippen LogP contribution is -2.42. The number of anilines is 1. The van der Waals surface area contributed by atoms with Crippen LogP contribution in [0.1, 0.15) is 38.2 Å². The predicted octanol–water partition coefficient (Wildman–Crippen LogP) is 4.61. The second-order valence-corrected chi connectivity index (χ2v) is 11.9. The van der Waals surface area contributed by atoms with Crippen molar-refractivity contribution in [3.05, 3.63) is 40.1 Å². The average molecular weight is 616 g/mol. The Labute approximate surface area is 237 Å². The topological polar surface area (TPSA) is 168 Å². The molecule has 5 heterocycles. The van der Waals surface area contributed by atoms with Crippen LogP contribution in [-0.2, 0) is 32.3 Å². The molecule has 3 fully saturated rings. The van der Waals surface area contributed by atoms with Gasteiger partial charge in [-0.2, -0.15) is 9.97 Å². The van der Waals surface area contributed by atoms with Crippen LogP contribution in [0, 0.1) is 0 Å². The van der Waals surface area contributed by atoms with Crippen LogP contribution in [0.4, 0.5) is 10.7 Å². The van der Waals surface area contributed by atoms with E-state index in [1.54, 1.807) is 36.6 Å². The lowest BCUT2D eigenvalue weighted by molar-refractivity contribution is -0.0925. The Kier molecular flexibility index (Phi) is 7.06. The maximum Gasteiger partial charge on any atom is 0.509 e. The van der Waals surface area contributed by atoms with E-state index in [-0.39, 0.29) is 25.0 Å². The summed E-state index contributed by atoms with van der Waals surface area (Å²) in [6.45, 7) is 3.55. The Bertz CT molecular complexity index is 1510. The first-order chi connectivity index (χ1) is 19.1. The van der Waals surface area contributed by atoms with Crippen molar-refractivity contribution >= 4 is 54.3 Å². The summed E-state index contributed by atoms with van der Waals surface area (Å²) in [7, 11) is -4.05. The molecule has 40 heavy (non-hydrogen) atoms. The van der Waals surface area contributed by atoms with Crippen LogP contribution in [0.25, 0.3) is 11.2 Å². The fraction of sp³-hybridized carbons (Fsp3) is 0.478. The van der Waals surface area contributed by atoms with Gasteiger partial charge < -0.3 is 24.7 Å². The number of benzene rings is 1. The number of phosphoric ester groups is 1. The molecule has 3 aliphatic rings. The Morgan fingerprint density at radius 2 is 2.02 bits per heavy atom. The monoisotopic (exact) mass is 615 g/mol. The van der Waals surface area contributed by atoms with Crippen LogP contribution >= 0.6 is 31.0 Å². The summed E-state index contributed by atoms with van der Waals surface area (Å²) in [6.07, 6.45) is -2.51. The molecule has 2 aromatic heterocycles. The molecular weight excluding hydrogens is 592 g/mol. The molecule has 14 nitrogen and oxygen atoms in total. The van der Waals surface area contributed by atoms with E-state index in [0.29, 0.717) is 39.8 Å². The van der Waals surface area contributed by atoms with Crippen molar-refractivity contribution in [2.45, 2.75) is 50.4 Å². The number of carbonyl (C=O) groups excluding carboxylic acids is 1. The van der Waals surface area contributed by atoms with Gasteiger partial charge in [0, 0.05) is 16.5 Å². The number of phosphoric acid groups is 1. The Morgan fingerprint density at radius 1 is 1.25 bits per heavy atom. The molecule has 6 atom stereocenters. The number of nitrogen functional groups attached to an aromatic ring is 1. The number of nitrogens with two attached hydrogens (primary N) is 1. The normalized spacial score (nSPS) is 31.6. The third-order valence-electron chi connectivity index (χ3n) is 6.70. The predicted molar refractivity (Wildman–Crippen MR) is 139 cm³/mol. The van der Waals surface area contributed by atoms with Crippen LogP contribution in [0.2, 0.25) is 10.0 Å². The van der Waals surface area contributed by atoms with Crippen molar-refractivity contribution in [2.75, 3.05) is 25.6 Å². The summed E-state index contributed by atoms with van der Waals surface area (Å²) in [4.78, 5) is 25.0. The quantitative estimate of drug-likeness (QED) is 0.289. The van der Waals surface area contributed by atoms with Gasteiger partial charge in [-0.3, -0.25) is 18.1 Å². The Balaban J connectivity index is 1.24. The van der Waals surface area contributed by atoms with Gasteiger partial charge in [0.15, 0.2) is 29.1 Å². The molecule has 1 aromatic carbocycles. The zero-order valence-electron chi connectivity index (χ0n) is 21.2. The number of ether oxygens (including phenoxy) is 4. The molecule has 214 valence electrons. The lowest BCUT2D eigenvalue weighted by Gasteiger charge is -2.30. The minimum absolute atomic E-state index is 0.0443. The largest absolute Gasteiger partial charge is 0.509 e. The number of hydrogen-bond acceptors (Lipinski definition) is 13. The second-order valence-electron chi connectivity index (χ2n) is 9.41. The van der Waals surface area contributed by atoms with Crippen LogP contribution in [0.3, 0.4) is 0 Å². The Hall–Kier alpha value is -2.71. The molecule has 6 rings (SSSR count). The molecule has 0 bridgehead atoms. The zero-order valence-corrected chi connectivity index (χ0v) is 23.6. The first-order valence-electron chi connectivity index (χ1n) is 12.3. The zero-order chi connectivity index (χ0) is 28.2. The third-order valence-corrected chi connectivity index (χ3v) is 8.62. The summed E-state index contributed by atoms with van der Waals surface area (Å²) >= 11 is 12.2. The molecule has 0 radical (unpaired) electrons.